The van der Waals surface area contributed by atoms with E-state index in [1.807, 2.05) is 0 Å². The normalized spacial score (nSPS) is 19.4. The number of hydrogen-bond donors (Lipinski definition) is 2. The number of alkyl halides is 3. The molecule has 15 heteroatoms. The predicted octanol–water partition coefficient (Wildman–Crippen LogP) is 3.38. The topological polar surface area (TPSA) is 126 Å². The molecular weight excluding hydrogens is 531 g/mol. The van der Waals surface area contributed by atoms with E-state index in [0.29, 0.717) is 30.7 Å². The molecule has 0 aromatic carbocycles. The fraction of sp³-hybridized carbons (Fsp3) is 0.545. The number of rotatable bonds is 6. The summed E-state index contributed by atoms with van der Waals surface area (Å²) < 4.78 is 69.7. The molecule has 1 aliphatic heterocycles. The fourth-order valence-electron chi connectivity index (χ4n) is 4.72. The highest BCUT2D eigenvalue weighted by molar-refractivity contribution is 7.89. The highest BCUT2D eigenvalue weighted by Gasteiger charge is 2.39. The van der Waals surface area contributed by atoms with Crippen LogP contribution in [0, 0.1) is 0 Å². The zero-order valence-corrected chi connectivity index (χ0v) is 21.6. The zero-order valence-electron chi connectivity index (χ0n) is 19.9. The van der Waals surface area contributed by atoms with Crippen molar-refractivity contribution in [3.8, 4) is 10.6 Å². The smallest absolute Gasteiger partial charge is 0.383 e. The molecular formula is C22H26F3N7O3S2. The van der Waals surface area contributed by atoms with Gasteiger partial charge >= 0.3 is 6.18 Å². The van der Waals surface area contributed by atoms with Crippen LogP contribution in [0.3, 0.4) is 0 Å². The number of aryl methyl sites for hydroxylation is 1. The molecule has 0 spiro atoms. The number of piperidine rings is 1. The Kier molecular flexibility index (Phi) is 6.75. The van der Waals surface area contributed by atoms with Gasteiger partial charge < -0.3 is 10.4 Å². The van der Waals surface area contributed by atoms with Crippen LogP contribution in [0.1, 0.15) is 49.1 Å². The molecule has 0 bridgehead atoms. The first-order valence-corrected chi connectivity index (χ1v) is 14.1. The first kappa shape index (κ1) is 26.0. The van der Waals surface area contributed by atoms with Gasteiger partial charge in [-0.2, -0.15) is 22.6 Å². The summed E-state index contributed by atoms with van der Waals surface area (Å²) in [5.41, 5.74) is -2.39. The molecule has 10 nitrogen and oxygen atoms in total. The second-order valence-electron chi connectivity index (χ2n) is 9.39. The molecule has 1 saturated heterocycles. The van der Waals surface area contributed by atoms with E-state index in [4.69, 9.17) is 0 Å². The van der Waals surface area contributed by atoms with Crippen LogP contribution in [0.25, 0.3) is 10.6 Å². The van der Waals surface area contributed by atoms with E-state index in [1.165, 1.54) is 27.6 Å². The number of aromatic nitrogens is 5. The summed E-state index contributed by atoms with van der Waals surface area (Å²) in [5.74, 6) is 0.0195. The Morgan fingerprint density at radius 1 is 1.14 bits per heavy atom. The highest BCUT2D eigenvalue weighted by atomic mass is 32.2. The van der Waals surface area contributed by atoms with E-state index in [0.717, 1.165) is 30.4 Å². The second kappa shape index (κ2) is 9.60. The van der Waals surface area contributed by atoms with Crippen molar-refractivity contribution in [3.63, 3.8) is 0 Å². The molecule has 200 valence electrons. The number of hydrogen-bond acceptors (Lipinski definition) is 9. The largest absolute Gasteiger partial charge is 0.420 e. The molecule has 2 aliphatic rings. The first-order chi connectivity index (χ1) is 17.5. The standard InChI is InChI=1S/C22H26F3N7O3S2/c1-31-13-15(10-28-31)37(34,35)32-8-4-14(5-9-32)29-20-27-11-16(22(23,24)25)18(30-20)17-12-26-19(36-17)21(33)6-2-3-7-21/h10-14,33H,2-9H2,1H3,(H,27,29,30). The molecule has 5 rings (SSSR count). The highest BCUT2D eigenvalue weighted by Crippen LogP contribution is 2.44. The molecule has 2 fully saturated rings. The third-order valence-corrected chi connectivity index (χ3v) is 9.82. The van der Waals surface area contributed by atoms with Gasteiger partial charge in [0.15, 0.2) is 0 Å². The third kappa shape index (κ3) is 5.22. The van der Waals surface area contributed by atoms with Crippen molar-refractivity contribution in [1.82, 2.24) is 29.0 Å². The van der Waals surface area contributed by atoms with Gasteiger partial charge in [0.1, 0.15) is 21.1 Å². The minimum Gasteiger partial charge on any atom is -0.383 e. The number of nitrogens with zero attached hydrogens (tertiary/aromatic N) is 6. The quantitative estimate of drug-likeness (QED) is 0.473. The monoisotopic (exact) mass is 557 g/mol. The lowest BCUT2D eigenvalue weighted by molar-refractivity contribution is -0.137. The van der Waals surface area contributed by atoms with Crippen molar-refractivity contribution in [2.75, 3.05) is 18.4 Å². The van der Waals surface area contributed by atoms with Crippen molar-refractivity contribution < 1.29 is 26.7 Å². The van der Waals surface area contributed by atoms with Crippen LogP contribution >= 0.6 is 11.3 Å². The number of sulfonamides is 1. The molecule has 0 unspecified atom stereocenters. The SMILES string of the molecule is Cn1cc(S(=O)(=O)N2CCC(Nc3ncc(C(F)(F)F)c(-c4cnc(C5(O)CCCC5)s4)n3)CC2)cn1. The van der Waals surface area contributed by atoms with Crippen LogP contribution in [0.5, 0.6) is 0 Å². The van der Waals surface area contributed by atoms with E-state index in [2.05, 4.69) is 25.4 Å². The Bertz CT molecular complexity index is 1380. The number of anilines is 1. The molecule has 0 radical (unpaired) electrons. The van der Waals surface area contributed by atoms with Gasteiger partial charge in [-0.25, -0.2) is 23.4 Å². The van der Waals surface area contributed by atoms with Gasteiger partial charge in [0.2, 0.25) is 16.0 Å². The predicted molar refractivity (Wildman–Crippen MR) is 129 cm³/mol. The van der Waals surface area contributed by atoms with E-state index in [1.54, 1.807) is 7.05 Å². The number of aliphatic hydroxyl groups is 1. The first-order valence-electron chi connectivity index (χ1n) is 11.8. The van der Waals surface area contributed by atoms with Gasteiger partial charge in [-0.3, -0.25) is 4.68 Å². The van der Waals surface area contributed by atoms with Crippen molar-refractivity contribution in [3.05, 3.63) is 35.4 Å². The van der Waals surface area contributed by atoms with Crippen molar-refractivity contribution >= 4 is 27.3 Å². The summed E-state index contributed by atoms with van der Waals surface area (Å²) in [6.45, 7) is 0.471. The van der Waals surface area contributed by atoms with Gasteiger partial charge in [0.25, 0.3) is 0 Å². The van der Waals surface area contributed by atoms with E-state index in [9.17, 15) is 26.7 Å². The molecule has 0 atom stereocenters. The number of halogens is 3. The van der Waals surface area contributed by atoms with Gasteiger partial charge in [-0.1, -0.05) is 12.8 Å². The summed E-state index contributed by atoms with van der Waals surface area (Å²) in [6, 6.07) is -0.221. The van der Waals surface area contributed by atoms with Gasteiger partial charge in [0, 0.05) is 44.8 Å². The molecule has 3 aromatic heterocycles. The molecule has 3 aromatic rings. The van der Waals surface area contributed by atoms with Crippen molar-refractivity contribution in [2.24, 2.45) is 7.05 Å². The van der Waals surface area contributed by atoms with Crippen molar-refractivity contribution in [2.45, 2.75) is 61.2 Å². The zero-order chi connectivity index (χ0) is 26.4. The van der Waals surface area contributed by atoms with Crippen LogP contribution < -0.4 is 5.32 Å². The Morgan fingerprint density at radius 2 is 1.84 bits per heavy atom. The van der Waals surface area contributed by atoms with Crippen molar-refractivity contribution in [1.29, 1.82) is 0 Å². The van der Waals surface area contributed by atoms with Gasteiger partial charge in [-0.05, 0) is 25.7 Å². The van der Waals surface area contributed by atoms with E-state index in [-0.39, 0.29) is 40.5 Å². The van der Waals surface area contributed by atoms with Crippen LogP contribution in [-0.4, -0.2) is 61.7 Å². The molecule has 4 heterocycles. The fourth-order valence-corrected chi connectivity index (χ4v) is 7.24. The van der Waals surface area contributed by atoms with E-state index < -0.39 is 27.4 Å². The van der Waals surface area contributed by atoms with Crippen LogP contribution in [0.15, 0.2) is 29.7 Å². The Balaban J connectivity index is 1.33. The van der Waals surface area contributed by atoms with Crippen LogP contribution in [0.2, 0.25) is 0 Å². The number of thiazole rings is 1. The maximum atomic E-state index is 13.8. The summed E-state index contributed by atoms with van der Waals surface area (Å²) in [4.78, 5) is 12.6. The molecule has 1 aliphatic carbocycles. The molecule has 1 saturated carbocycles. The molecule has 2 N–H and O–H groups in total. The lowest BCUT2D eigenvalue weighted by Crippen LogP contribution is -2.42. The average Bonchev–Trinajstić information content (AvgIpc) is 3.60. The maximum absolute atomic E-state index is 13.8. The lowest BCUT2D eigenvalue weighted by atomic mass is 10.0. The minimum atomic E-state index is -4.67. The summed E-state index contributed by atoms with van der Waals surface area (Å²) in [5, 5.41) is 18.2. The molecule has 0 amide bonds. The lowest BCUT2D eigenvalue weighted by Gasteiger charge is -2.31. The summed E-state index contributed by atoms with van der Waals surface area (Å²) >= 11 is 1.01. The van der Waals surface area contributed by atoms with Crippen LogP contribution in [-0.2, 0) is 28.8 Å². The second-order valence-corrected chi connectivity index (χ2v) is 12.4. The van der Waals surface area contributed by atoms with E-state index >= 15 is 0 Å². The number of nitrogens with one attached hydrogen (secondary N) is 1. The molecule has 37 heavy (non-hydrogen) atoms. The third-order valence-electron chi connectivity index (χ3n) is 6.77. The Hall–Kier alpha value is -2.62. The van der Waals surface area contributed by atoms with Gasteiger partial charge in [-0.15, -0.1) is 11.3 Å². The van der Waals surface area contributed by atoms with Gasteiger partial charge in [0.05, 0.1) is 16.8 Å². The maximum Gasteiger partial charge on any atom is 0.420 e. The summed E-state index contributed by atoms with van der Waals surface area (Å²) in [7, 11) is -2.04. The summed E-state index contributed by atoms with van der Waals surface area (Å²) in [6.07, 6.45) is 3.71. The Labute approximate surface area is 215 Å². The minimum absolute atomic E-state index is 0.0195. The Morgan fingerprint density at radius 3 is 2.46 bits per heavy atom. The van der Waals surface area contributed by atoms with Crippen LogP contribution in [0.4, 0.5) is 19.1 Å². The average molecular weight is 558 g/mol.